The van der Waals surface area contributed by atoms with E-state index in [0.29, 0.717) is 17.7 Å². The van der Waals surface area contributed by atoms with Crippen molar-refractivity contribution >= 4 is 0 Å². The Morgan fingerprint density at radius 2 is 1.67 bits per heavy atom. The number of hydrogen-bond donors (Lipinski definition) is 1. The Labute approximate surface area is 122 Å². The highest BCUT2D eigenvalue weighted by Crippen LogP contribution is 2.28. The third-order valence-corrected chi connectivity index (χ3v) is 3.41. The van der Waals surface area contributed by atoms with Crippen LogP contribution >= 0.6 is 0 Å². The predicted octanol–water partition coefficient (Wildman–Crippen LogP) is 4.50. The zero-order valence-electron chi connectivity index (χ0n) is 12.1. The number of aryl methyl sites for hydroxylation is 1. The van der Waals surface area contributed by atoms with Gasteiger partial charge < -0.3 is 5.32 Å². The maximum Gasteiger partial charge on any atom is 0.134 e. The van der Waals surface area contributed by atoms with Gasteiger partial charge >= 0.3 is 0 Å². The second-order valence-corrected chi connectivity index (χ2v) is 5.03. The van der Waals surface area contributed by atoms with Gasteiger partial charge in [-0.05, 0) is 49.2 Å². The summed E-state index contributed by atoms with van der Waals surface area (Å²) in [5.74, 6) is -1.54. The average molecular weight is 293 g/mol. The normalized spacial score (nSPS) is 12.4. The van der Waals surface area contributed by atoms with Crippen molar-refractivity contribution in [2.45, 2.75) is 26.3 Å². The first kappa shape index (κ1) is 15.6. The van der Waals surface area contributed by atoms with Crippen molar-refractivity contribution in [3.05, 3.63) is 70.5 Å². The molecule has 1 atom stereocenters. The third kappa shape index (κ3) is 3.45. The molecule has 0 saturated heterocycles. The second-order valence-electron chi connectivity index (χ2n) is 5.03. The van der Waals surface area contributed by atoms with Gasteiger partial charge in [-0.2, -0.15) is 0 Å². The number of rotatable bonds is 5. The van der Waals surface area contributed by atoms with Gasteiger partial charge in [0.2, 0.25) is 0 Å². The molecule has 4 heteroatoms. The fourth-order valence-corrected chi connectivity index (χ4v) is 2.27. The predicted molar refractivity (Wildman–Crippen MR) is 77.6 cm³/mol. The van der Waals surface area contributed by atoms with Crippen LogP contribution in [0.4, 0.5) is 13.2 Å². The molecular formula is C17H18F3N. The van der Waals surface area contributed by atoms with Crippen LogP contribution in [0.3, 0.4) is 0 Å². The maximum absolute atomic E-state index is 14.4. The largest absolute Gasteiger partial charge is 0.306 e. The first-order chi connectivity index (χ1) is 10.0. The average Bonchev–Trinajstić information content (AvgIpc) is 2.48. The van der Waals surface area contributed by atoms with Gasteiger partial charge in [-0.15, -0.1) is 0 Å². The molecule has 0 bridgehead atoms. The van der Waals surface area contributed by atoms with Crippen LogP contribution in [0.2, 0.25) is 0 Å². The minimum absolute atomic E-state index is 0.0185. The molecule has 1 nitrogen and oxygen atoms in total. The summed E-state index contributed by atoms with van der Waals surface area (Å²) >= 11 is 0. The van der Waals surface area contributed by atoms with Crippen LogP contribution in [0.1, 0.15) is 36.1 Å². The molecule has 0 aromatic heterocycles. The van der Waals surface area contributed by atoms with E-state index in [1.807, 2.05) is 6.92 Å². The molecule has 0 radical (unpaired) electrons. The lowest BCUT2D eigenvalue weighted by atomic mass is 9.95. The first-order valence-corrected chi connectivity index (χ1v) is 6.98. The Hall–Kier alpha value is -1.81. The molecule has 21 heavy (non-hydrogen) atoms. The Balaban J connectivity index is 2.50. The molecule has 112 valence electrons. The summed E-state index contributed by atoms with van der Waals surface area (Å²) in [6, 6.07) is 7.72. The van der Waals surface area contributed by atoms with Crippen molar-refractivity contribution in [2.24, 2.45) is 0 Å². The van der Waals surface area contributed by atoms with E-state index in [-0.39, 0.29) is 11.4 Å². The van der Waals surface area contributed by atoms with Crippen LogP contribution < -0.4 is 5.32 Å². The van der Waals surface area contributed by atoms with Gasteiger partial charge in [0.15, 0.2) is 0 Å². The lowest BCUT2D eigenvalue weighted by molar-refractivity contribution is 0.499. The van der Waals surface area contributed by atoms with E-state index < -0.39 is 17.7 Å². The molecule has 0 spiro atoms. The fourth-order valence-electron chi connectivity index (χ4n) is 2.27. The molecule has 0 amide bonds. The van der Waals surface area contributed by atoms with Crippen molar-refractivity contribution in [3.63, 3.8) is 0 Å². The summed E-state index contributed by atoms with van der Waals surface area (Å²) in [5.41, 5.74) is 1.00. The number of benzene rings is 2. The lowest BCUT2D eigenvalue weighted by Crippen LogP contribution is -2.25. The zero-order valence-corrected chi connectivity index (χ0v) is 12.1. The summed E-state index contributed by atoms with van der Waals surface area (Å²) in [4.78, 5) is 0. The molecule has 0 heterocycles. The van der Waals surface area contributed by atoms with Crippen molar-refractivity contribution in [2.75, 3.05) is 6.54 Å². The van der Waals surface area contributed by atoms with E-state index in [2.05, 4.69) is 5.32 Å². The number of nitrogens with one attached hydrogen (secondary N) is 1. The smallest absolute Gasteiger partial charge is 0.134 e. The van der Waals surface area contributed by atoms with Crippen LogP contribution in [0, 0.1) is 24.4 Å². The highest BCUT2D eigenvalue weighted by atomic mass is 19.1. The van der Waals surface area contributed by atoms with Crippen molar-refractivity contribution in [1.82, 2.24) is 5.32 Å². The fraction of sp³-hybridized carbons (Fsp3) is 0.294. The Morgan fingerprint density at radius 1 is 1.00 bits per heavy atom. The zero-order chi connectivity index (χ0) is 15.4. The van der Waals surface area contributed by atoms with Crippen LogP contribution in [0.15, 0.2) is 36.4 Å². The topological polar surface area (TPSA) is 12.0 Å². The highest BCUT2D eigenvalue weighted by Gasteiger charge is 2.22. The van der Waals surface area contributed by atoms with Crippen LogP contribution in [-0.4, -0.2) is 6.54 Å². The van der Waals surface area contributed by atoms with E-state index in [9.17, 15) is 13.2 Å². The summed E-state index contributed by atoms with van der Waals surface area (Å²) in [5, 5.41) is 3.13. The van der Waals surface area contributed by atoms with Crippen LogP contribution in [0.25, 0.3) is 0 Å². The van der Waals surface area contributed by atoms with Gasteiger partial charge in [-0.25, -0.2) is 13.2 Å². The molecular weight excluding hydrogens is 275 g/mol. The third-order valence-electron chi connectivity index (χ3n) is 3.41. The minimum Gasteiger partial charge on any atom is -0.306 e. The van der Waals surface area contributed by atoms with Gasteiger partial charge in [0.25, 0.3) is 0 Å². The van der Waals surface area contributed by atoms with Gasteiger partial charge in [-0.1, -0.05) is 25.1 Å². The molecule has 2 aromatic rings. The lowest BCUT2D eigenvalue weighted by Gasteiger charge is -2.21. The molecule has 0 fully saturated rings. The molecule has 0 aliphatic rings. The van der Waals surface area contributed by atoms with Gasteiger partial charge in [0.1, 0.15) is 17.5 Å². The molecule has 2 rings (SSSR count). The molecule has 0 aliphatic carbocycles. The quantitative estimate of drug-likeness (QED) is 0.855. The minimum atomic E-state index is -0.634. The maximum atomic E-state index is 14.4. The van der Waals surface area contributed by atoms with Gasteiger partial charge in [0, 0.05) is 5.56 Å². The molecule has 1 unspecified atom stereocenters. The van der Waals surface area contributed by atoms with E-state index in [4.69, 9.17) is 0 Å². The molecule has 0 aliphatic heterocycles. The summed E-state index contributed by atoms with van der Waals surface area (Å²) in [7, 11) is 0. The monoisotopic (exact) mass is 293 g/mol. The summed E-state index contributed by atoms with van der Waals surface area (Å²) < 4.78 is 41.5. The molecule has 0 saturated carbocycles. The highest BCUT2D eigenvalue weighted by molar-refractivity contribution is 5.36. The first-order valence-electron chi connectivity index (χ1n) is 6.98. The van der Waals surface area contributed by atoms with E-state index >= 15 is 0 Å². The van der Waals surface area contributed by atoms with Crippen LogP contribution in [0.5, 0.6) is 0 Å². The summed E-state index contributed by atoms with van der Waals surface area (Å²) in [6.45, 7) is 4.17. The number of halogens is 3. The number of hydrogen-bond acceptors (Lipinski definition) is 1. The Morgan fingerprint density at radius 3 is 2.29 bits per heavy atom. The van der Waals surface area contributed by atoms with Crippen molar-refractivity contribution < 1.29 is 13.2 Å². The van der Waals surface area contributed by atoms with E-state index in [1.165, 1.54) is 24.3 Å². The van der Waals surface area contributed by atoms with E-state index in [0.717, 1.165) is 6.42 Å². The van der Waals surface area contributed by atoms with Gasteiger partial charge in [-0.3, -0.25) is 0 Å². The Kier molecular flexibility index (Phi) is 5.02. The Bertz CT molecular complexity index is 608. The van der Waals surface area contributed by atoms with Crippen LogP contribution in [-0.2, 0) is 0 Å². The standard InChI is InChI=1S/C17H18F3N/c1-3-10-21-17(12-5-7-13(18)8-6-12)15-14(19)9-4-11(2)16(15)20/h4-9,17,21H,3,10H2,1-2H3. The van der Waals surface area contributed by atoms with E-state index in [1.54, 1.807) is 19.1 Å². The molecule has 1 N–H and O–H groups in total. The van der Waals surface area contributed by atoms with Crippen molar-refractivity contribution in [1.29, 1.82) is 0 Å². The van der Waals surface area contributed by atoms with Crippen molar-refractivity contribution in [3.8, 4) is 0 Å². The summed E-state index contributed by atoms with van der Waals surface area (Å²) in [6.07, 6.45) is 0.826. The SMILES string of the molecule is CCCNC(c1ccc(F)cc1)c1c(F)ccc(C)c1F. The second kappa shape index (κ2) is 6.76. The molecule has 2 aromatic carbocycles. The van der Waals surface area contributed by atoms with Gasteiger partial charge in [0.05, 0.1) is 6.04 Å².